The van der Waals surface area contributed by atoms with Gasteiger partial charge in [0.1, 0.15) is 18.6 Å². The van der Waals surface area contributed by atoms with Crippen LogP contribution in [0.3, 0.4) is 0 Å². The van der Waals surface area contributed by atoms with Gasteiger partial charge in [0.05, 0.1) is 0 Å². The number of amides is 2. The van der Waals surface area contributed by atoms with Crippen LogP contribution in [0, 0.1) is 0 Å². The van der Waals surface area contributed by atoms with Crippen molar-refractivity contribution in [3.05, 3.63) is 12.3 Å². The van der Waals surface area contributed by atoms with E-state index in [1.54, 1.807) is 0 Å². The summed E-state index contributed by atoms with van der Waals surface area (Å²) >= 11 is 0. The van der Waals surface area contributed by atoms with E-state index in [9.17, 15) is 14.4 Å². The summed E-state index contributed by atoms with van der Waals surface area (Å²) in [5, 5.41) is 4.74. The Morgan fingerprint density at radius 3 is 2.73 bits per heavy atom. The molecule has 82 valence electrons. The number of carbonyl (C=O) groups excluding carboxylic acids is 3. The Morgan fingerprint density at radius 2 is 2.13 bits per heavy atom. The van der Waals surface area contributed by atoms with Crippen LogP contribution in [0.15, 0.2) is 12.3 Å². The summed E-state index contributed by atoms with van der Waals surface area (Å²) in [7, 11) is 0. The molecule has 2 N–H and O–H groups in total. The second kappa shape index (κ2) is 5.92. The minimum Gasteiger partial charge on any atom is -0.348 e. The molecule has 0 aromatic heterocycles. The number of ether oxygens (including phenoxy) is 1. The fourth-order valence-corrected chi connectivity index (χ4v) is 1.24. The predicted molar refractivity (Wildman–Crippen MR) is 50.4 cm³/mol. The zero-order valence-corrected chi connectivity index (χ0v) is 8.01. The van der Waals surface area contributed by atoms with Crippen LogP contribution in [0.25, 0.3) is 0 Å². The van der Waals surface area contributed by atoms with E-state index >= 15 is 0 Å². The molecule has 1 aliphatic rings. The second-order valence-corrected chi connectivity index (χ2v) is 3.00. The third kappa shape index (κ3) is 3.90. The first-order chi connectivity index (χ1) is 7.26. The van der Waals surface area contributed by atoms with Crippen LogP contribution in [0.1, 0.15) is 12.8 Å². The van der Waals surface area contributed by atoms with Gasteiger partial charge in [-0.05, 0) is 12.8 Å². The lowest BCUT2D eigenvalue weighted by Gasteiger charge is -2.10. The van der Waals surface area contributed by atoms with Crippen LogP contribution in [-0.4, -0.2) is 30.9 Å². The van der Waals surface area contributed by atoms with E-state index < -0.39 is 12.3 Å². The molecule has 0 radical (unpaired) electrons. The maximum Gasteiger partial charge on any atom is 0.247 e. The normalized spacial score (nSPS) is 25.1. The summed E-state index contributed by atoms with van der Waals surface area (Å²) in [5.41, 5.74) is 0. The molecular formula is C9H12N2O4. The first kappa shape index (κ1) is 11.4. The lowest BCUT2D eigenvalue weighted by molar-refractivity contribution is -0.124. The maximum absolute atomic E-state index is 11.1. The van der Waals surface area contributed by atoms with Crippen LogP contribution in [-0.2, 0) is 19.1 Å². The molecule has 2 unspecified atom stereocenters. The van der Waals surface area contributed by atoms with Gasteiger partial charge in [-0.25, -0.2) is 0 Å². The van der Waals surface area contributed by atoms with Gasteiger partial charge in [-0.1, -0.05) is 0 Å². The highest BCUT2D eigenvalue weighted by atomic mass is 16.5. The minimum absolute atomic E-state index is 0.374. The predicted octanol–water partition coefficient (Wildman–Crippen LogP) is -0.934. The van der Waals surface area contributed by atoms with Crippen LogP contribution in [0.2, 0.25) is 0 Å². The average molecular weight is 212 g/mol. The lowest BCUT2D eigenvalue weighted by Crippen LogP contribution is -2.33. The van der Waals surface area contributed by atoms with E-state index in [4.69, 9.17) is 4.74 Å². The molecule has 0 saturated carbocycles. The van der Waals surface area contributed by atoms with Crippen molar-refractivity contribution in [2.45, 2.75) is 25.2 Å². The Balaban J connectivity index is 2.27. The van der Waals surface area contributed by atoms with Crippen molar-refractivity contribution in [3.63, 3.8) is 0 Å². The summed E-state index contributed by atoms with van der Waals surface area (Å²) in [6.07, 6.45) is 3.95. The molecule has 0 aromatic carbocycles. The number of hydrogen-bond acceptors (Lipinski definition) is 4. The van der Waals surface area contributed by atoms with Crippen LogP contribution in [0.5, 0.6) is 0 Å². The number of hydrogen-bond donors (Lipinski definition) is 2. The second-order valence-electron chi connectivity index (χ2n) is 3.00. The van der Waals surface area contributed by atoms with Crippen LogP contribution >= 0.6 is 0 Å². The summed E-state index contributed by atoms with van der Waals surface area (Å²) in [4.78, 5) is 31.4. The quantitative estimate of drug-likeness (QED) is 0.455. The third-order valence-electron chi connectivity index (χ3n) is 1.91. The Hall–Kier alpha value is -1.69. The van der Waals surface area contributed by atoms with Crippen molar-refractivity contribution < 1.29 is 19.1 Å². The Bertz CT molecular complexity index is 277. The Morgan fingerprint density at radius 1 is 1.33 bits per heavy atom. The van der Waals surface area contributed by atoms with Gasteiger partial charge in [0, 0.05) is 12.3 Å². The van der Waals surface area contributed by atoms with Gasteiger partial charge in [-0.3, -0.25) is 9.59 Å². The Kier molecular flexibility index (Phi) is 4.49. The van der Waals surface area contributed by atoms with Gasteiger partial charge < -0.3 is 20.2 Å². The molecule has 1 fully saturated rings. The molecule has 2 amide bonds. The zero-order chi connectivity index (χ0) is 11.1. The fraction of sp³-hybridized carbons (Fsp3) is 0.444. The molecule has 6 heteroatoms. The summed E-state index contributed by atoms with van der Waals surface area (Å²) in [5.74, 6) is -0.374. The van der Waals surface area contributed by atoms with Crippen LogP contribution < -0.4 is 10.6 Å². The lowest BCUT2D eigenvalue weighted by atomic mass is 10.2. The van der Waals surface area contributed by atoms with Gasteiger partial charge in [0.15, 0.2) is 0 Å². The summed E-state index contributed by atoms with van der Waals surface area (Å²) < 4.78 is 5.16. The SMILES string of the molecule is O=CN/C=C\C(=O)NC1CCC(C=O)O1. The number of nitrogens with one attached hydrogen (secondary N) is 2. The van der Waals surface area contributed by atoms with E-state index in [2.05, 4.69) is 10.6 Å². The standard InChI is InChI=1S/C9H12N2O4/c12-5-7-1-2-9(15-7)11-8(14)3-4-10-6-13/h3-7,9H,1-2H2,(H,10,13)(H,11,14)/b4-3-. The molecule has 15 heavy (non-hydrogen) atoms. The summed E-state index contributed by atoms with van der Waals surface area (Å²) in [6.45, 7) is 0. The van der Waals surface area contributed by atoms with E-state index in [0.717, 1.165) is 6.29 Å². The van der Waals surface area contributed by atoms with Gasteiger partial charge >= 0.3 is 0 Å². The minimum atomic E-state index is -0.424. The van der Waals surface area contributed by atoms with Gasteiger partial charge in [-0.15, -0.1) is 0 Å². The van der Waals surface area contributed by atoms with Gasteiger partial charge in [0.25, 0.3) is 0 Å². The number of aldehydes is 1. The van der Waals surface area contributed by atoms with Crippen molar-refractivity contribution in [2.24, 2.45) is 0 Å². The molecule has 1 rings (SSSR count). The van der Waals surface area contributed by atoms with E-state index in [1.807, 2.05) is 0 Å². The first-order valence-electron chi connectivity index (χ1n) is 4.53. The smallest absolute Gasteiger partial charge is 0.247 e. The molecule has 6 nitrogen and oxygen atoms in total. The topological polar surface area (TPSA) is 84.5 Å². The fourth-order valence-electron chi connectivity index (χ4n) is 1.24. The zero-order valence-electron chi connectivity index (χ0n) is 8.01. The van der Waals surface area contributed by atoms with Crippen molar-refractivity contribution in [2.75, 3.05) is 0 Å². The molecule has 0 spiro atoms. The molecule has 0 aliphatic carbocycles. The maximum atomic E-state index is 11.1. The van der Waals surface area contributed by atoms with Crippen molar-refractivity contribution in [1.29, 1.82) is 0 Å². The van der Waals surface area contributed by atoms with Crippen molar-refractivity contribution in [3.8, 4) is 0 Å². The van der Waals surface area contributed by atoms with E-state index in [-0.39, 0.29) is 5.91 Å². The van der Waals surface area contributed by atoms with Crippen LogP contribution in [0.4, 0.5) is 0 Å². The van der Waals surface area contributed by atoms with Crippen molar-refractivity contribution >= 4 is 18.6 Å². The summed E-state index contributed by atoms with van der Waals surface area (Å²) in [6, 6.07) is 0. The molecule has 1 saturated heterocycles. The highest BCUT2D eigenvalue weighted by Gasteiger charge is 2.25. The largest absolute Gasteiger partial charge is 0.348 e. The molecular weight excluding hydrogens is 200 g/mol. The third-order valence-corrected chi connectivity index (χ3v) is 1.91. The highest BCUT2D eigenvalue weighted by Crippen LogP contribution is 2.15. The van der Waals surface area contributed by atoms with Crippen molar-refractivity contribution in [1.82, 2.24) is 10.6 Å². The number of carbonyl (C=O) groups is 3. The molecule has 0 aromatic rings. The van der Waals surface area contributed by atoms with Gasteiger partial charge in [-0.2, -0.15) is 0 Å². The Labute approximate surface area is 86.7 Å². The average Bonchev–Trinajstić information content (AvgIpc) is 2.66. The number of rotatable bonds is 5. The van der Waals surface area contributed by atoms with E-state index in [1.165, 1.54) is 12.3 Å². The molecule has 1 aliphatic heterocycles. The highest BCUT2D eigenvalue weighted by molar-refractivity contribution is 5.87. The molecule has 1 heterocycles. The molecule has 0 bridgehead atoms. The molecule has 2 atom stereocenters. The van der Waals surface area contributed by atoms with Gasteiger partial charge in [0.2, 0.25) is 12.3 Å². The monoisotopic (exact) mass is 212 g/mol. The van der Waals surface area contributed by atoms with E-state index in [0.29, 0.717) is 19.3 Å². The first-order valence-corrected chi connectivity index (χ1v) is 4.53.